The number of halogens is 1. The first-order valence-electron chi connectivity index (χ1n) is 11.9. The Morgan fingerprint density at radius 2 is 1.51 bits per heavy atom. The number of benzene rings is 1. The molecule has 0 unspecified atom stereocenters. The number of carboxylic acids is 1. The van der Waals surface area contributed by atoms with Crippen molar-refractivity contribution in [1.82, 2.24) is 0 Å². The Kier molecular flexibility index (Phi) is 17.7. The Morgan fingerprint density at radius 3 is 2.11 bits per heavy atom. The molecule has 0 heterocycles. The molecule has 0 bridgehead atoms. The zero-order chi connectivity index (χ0) is 25.6. The molecule has 188 valence electrons. The van der Waals surface area contributed by atoms with Crippen molar-refractivity contribution in [2.75, 3.05) is 6.61 Å². The third-order valence-corrected chi connectivity index (χ3v) is 5.49. The number of carbonyl (C=O) groups is 2. The Hall–Kier alpha value is -2.84. The molecule has 1 N–H and O–H groups in total. The van der Waals surface area contributed by atoms with Crippen molar-refractivity contribution >= 4 is 40.2 Å². The number of allylic oxidation sites excluding steroid dienone is 8. The summed E-state index contributed by atoms with van der Waals surface area (Å²) in [6.07, 6.45) is 25.2. The van der Waals surface area contributed by atoms with Gasteiger partial charge in [-0.25, -0.2) is 4.79 Å². The van der Waals surface area contributed by atoms with E-state index in [-0.39, 0.29) is 12.1 Å². The van der Waals surface area contributed by atoms with Crippen LogP contribution >= 0.6 is 22.6 Å². The van der Waals surface area contributed by atoms with Crippen molar-refractivity contribution in [1.29, 1.82) is 0 Å². The molecule has 0 amide bonds. The summed E-state index contributed by atoms with van der Waals surface area (Å²) >= 11 is 2.10. The fraction of sp³-hybridized carbons (Fsp3) is 0.407. The summed E-state index contributed by atoms with van der Waals surface area (Å²) in [6, 6.07) is 5.06. The highest BCUT2D eigenvalue weighted by molar-refractivity contribution is 14.1. The van der Waals surface area contributed by atoms with Crippen LogP contribution in [0.5, 0.6) is 0 Å². The lowest BCUT2D eigenvalue weighted by Gasteiger charge is -2.07. The first kappa shape index (κ1) is 30.2. The van der Waals surface area contributed by atoms with E-state index in [1.807, 2.05) is 6.08 Å². The largest absolute Gasteiger partial charge is 0.481 e. The summed E-state index contributed by atoms with van der Waals surface area (Å²) in [7, 11) is 0. The molecule has 8 heteroatoms. The van der Waals surface area contributed by atoms with Crippen LogP contribution in [-0.4, -0.2) is 23.7 Å². The van der Waals surface area contributed by atoms with Crippen LogP contribution in [-0.2, 0) is 9.53 Å². The number of hydrogen-bond donors (Lipinski definition) is 1. The predicted molar refractivity (Wildman–Crippen MR) is 149 cm³/mol. The molecule has 7 nitrogen and oxygen atoms in total. The smallest absolute Gasteiger partial charge is 0.338 e. The Labute approximate surface area is 221 Å². The monoisotopic (exact) mass is 591 g/mol. The fourth-order valence-electron chi connectivity index (χ4n) is 3.01. The summed E-state index contributed by atoms with van der Waals surface area (Å²) < 4.78 is 6.20. The molecule has 0 aliphatic carbocycles. The third-order valence-electron chi connectivity index (χ3n) is 4.82. The van der Waals surface area contributed by atoms with Crippen molar-refractivity contribution in [3.05, 3.63) is 86.4 Å². The maximum absolute atomic E-state index is 12.2. The van der Waals surface area contributed by atoms with E-state index in [1.165, 1.54) is 0 Å². The number of hydrogen-bond acceptors (Lipinski definition) is 4. The molecule has 0 aromatic heterocycles. The second-order valence-corrected chi connectivity index (χ2v) is 8.96. The van der Waals surface area contributed by atoms with Gasteiger partial charge >= 0.3 is 11.9 Å². The van der Waals surface area contributed by atoms with Crippen molar-refractivity contribution in [2.24, 2.45) is 5.11 Å². The lowest BCUT2D eigenvalue weighted by molar-refractivity contribution is -0.137. The number of aliphatic carboxylic acids is 1. The topological polar surface area (TPSA) is 112 Å². The molecule has 35 heavy (non-hydrogen) atoms. The summed E-state index contributed by atoms with van der Waals surface area (Å²) in [5.41, 5.74) is 9.21. The molecular weight excluding hydrogens is 557 g/mol. The van der Waals surface area contributed by atoms with E-state index in [4.69, 9.17) is 15.4 Å². The molecule has 0 saturated carbocycles. The average molecular weight is 591 g/mol. The van der Waals surface area contributed by atoms with Crippen LogP contribution < -0.4 is 0 Å². The SMILES string of the molecule is [N-]=[N+]=Nc1ccc(I)cc1C(=O)OCCCCC/C=C\C/C=C\C/C=C\C/C=C\CCCC(=O)O. The standard InChI is InChI=1S/C27H34IN3O4/c28-23-19-20-25(30-31-29)24(22-23)27(34)35-21-17-15-13-11-9-7-5-3-1-2-4-6-8-10-12-14-16-18-26(32)33/h1,3-4,6-7,9-10,12,19-20,22H,2,5,8,11,13-18,21H2,(H,32,33)/b3-1-,6-4-,9-7-,12-10-. The van der Waals surface area contributed by atoms with Crippen LogP contribution in [0.1, 0.15) is 74.6 Å². The molecule has 0 aliphatic heterocycles. The minimum atomic E-state index is -0.737. The molecule has 1 aromatic carbocycles. The van der Waals surface area contributed by atoms with Crippen LogP contribution in [0.3, 0.4) is 0 Å². The maximum atomic E-state index is 12.2. The van der Waals surface area contributed by atoms with Gasteiger partial charge in [-0.3, -0.25) is 4.79 Å². The van der Waals surface area contributed by atoms with Crippen molar-refractivity contribution in [2.45, 2.75) is 64.2 Å². The Bertz CT molecular complexity index is 948. The van der Waals surface area contributed by atoms with Crippen LogP contribution in [0.25, 0.3) is 10.4 Å². The van der Waals surface area contributed by atoms with Gasteiger partial charge in [-0.15, -0.1) is 0 Å². The zero-order valence-electron chi connectivity index (χ0n) is 20.0. The Balaban J connectivity index is 2.04. The van der Waals surface area contributed by atoms with Gasteiger partial charge in [0.25, 0.3) is 0 Å². The number of carboxylic acid groups (broad SMARTS) is 1. The number of ether oxygens (including phenoxy) is 1. The second kappa shape index (κ2) is 20.5. The molecule has 0 spiro atoms. The zero-order valence-corrected chi connectivity index (χ0v) is 22.2. The first-order chi connectivity index (χ1) is 17.0. The molecule has 0 radical (unpaired) electrons. The molecule has 0 fully saturated rings. The molecule has 1 rings (SSSR count). The van der Waals surface area contributed by atoms with Gasteiger partial charge in [0.1, 0.15) is 0 Å². The van der Waals surface area contributed by atoms with E-state index in [0.717, 1.165) is 54.9 Å². The summed E-state index contributed by atoms with van der Waals surface area (Å²) in [5.74, 6) is -1.20. The summed E-state index contributed by atoms with van der Waals surface area (Å²) in [5, 5.41) is 12.1. The number of esters is 1. The van der Waals surface area contributed by atoms with Gasteiger partial charge in [0.2, 0.25) is 0 Å². The number of azide groups is 1. The van der Waals surface area contributed by atoms with Gasteiger partial charge in [0.15, 0.2) is 0 Å². The van der Waals surface area contributed by atoms with E-state index >= 15 is 0 Å². The average Bonchev–Trinajstić information content (AvgIpc) is 2.83. The summed E-state index contributed by atoms with van der Waals surface area (Å²) in [4.78, 5) is 25.4. The van der Waals surface area contributed by atoms with Gasteiger partial charge < -0.3 is 9.84 Å². The van der Waals surface area contributed by atoms with Crippen LogP contribution in [0.2, 0.25) is 0 Å². The Morgan fingerprint density at radius 1 is 0.914 bits per heavy atom. The van der Waals surface area contributed by atoms with Crippen molar-refractivity contribution < 1.29 is 19.4 Å². The van der Waals surface area contributed by atoms with Crippen molar-refractivity contribution in [3.8, 4) is 0 Å². The van der Waals surface area contributed by atoms with E-state index in [1.54, 1.807) is 18.2 Å². The number of unbranched alkanes of at least 4 members (excludes halogenated alkanes) is 4. The highest BCUT2D eigenvalue weighted by atomic mass is 127. The highest BCUT2D eigenvalue weighted by Gasteiger charge is 2.12. The van der Waals surface area contributed by atoms with E-state index in [2.05, 4.69) is 75.1 Å². The lowest BCUT2D eigenvalue weighted by Crippen LogP contribution is -2.07. The highest BCUT2D eigenvalue weighted by Crippen LogP contribution is 2.23. The second-order valence-electron chi connectivity index (χ2n) is 7.71. The number of carbonyl (C=O) groups excluding carboxylic acids is 1. The minimum absolute atomic E-state index is 0.230. The minimum Gasteiger partial charge on any atom is -0.481 e. The molecular formula is C27H34IN3O4. The molecule has 1 aromatic rings. The summed E-state index contributed by atoms with van der Waals surface area (Å²) in [6.45, 7) is 0.348. The van der Waals surface area contributed by atoms with Gasteiger partial charge in [-0.1, -0.05) is 59.8 Å². The normalized spacial score (nSPS) is 11.6. The quantitative estimate of drug-likeness (QED) is 0.0350. The van der Waals surface area contributed by atoms with Crippen LogP contribution in [0.15, 0.2) is 71.9 Å². The van der Waals surface area contributed by atoms with E-state index in [9.17, 15) is 9.59 Å². The van der Waals surface area contributed by atoms with Gasteiger partial charge in [0, 0.05) is 14.9 Å². The van der Waals surface area contributed by atoms with E-state index in [0.29, 0.717) is 18.6 Å². The predicted octanol–water partition coefficient (Wildman–Crippen LogP) is 8.60. The van der Waals surface area contributed by atoms with E-state index < -0.39 is 11.9 Å². The van der Waals surface area contributed by atoms with Crippen molar-refractivity contribution in [3.63, 3.8) is 0 Å². The van der Waals surface area contributed by atoms with Crippen LogP contribution in [0, 0.1) is 3.57 Å². The lowest BCUT2D eigenvalue weighted by atomic mass is 10.1. The third kappa shape index (κ3) is 16.4. The fourth-order valence-corrected chi connectivity index (χ4v) is 3.50. The molecule has 0 saturated heterocycles. The van der Waals surface area contributed by atoms with Gasteiger partial charge in [-0.2, -0.15) is 0 Å². The molecule has 0 atom stereocenters. The maximum Gasteiger partial charge on any atom is 0.338 e. The van der Waals surface area contributed by atoms with Gasteiger partial charge in [-0.05, 0) is 98.0 Å². The van der Waals surface area contributed by atoms with Crippen LogP contribution in [0.4, 0.5) is 5.69 Å². The number of nitrogens with zero attached hydrogens (tertiary/aromatic N) is 3. The van der Waals surface area contributed by atoms with Gasteiger partial charge in [0.05, 0.1) is 17.9 Å². The first-order valence-corrected chi connectivity index (χ1v) is 13.0. The molecule has 0 aliphatic rings. The number of rotatable bonds is 18.